The molecule has 0 atom stereocenters. The molecule has 1 aromatic carbocycles. The van der Waals surface area contributed by atoms with E-state index in [4.69, 9.17) is 11.6 Å². The van der Waals surface area contributed by atoms with Gasteiger partial charge < -0.3 is 10.0 Å². The van der Waals surface area contributed by atoms with E-state index in [1.165, 1.54) is 4.90 Å². The van der Waals surface area contributed by atoms with Gasteiger partial charge in [-0.2, -0.15) is 0 Å². The van der Waals surface area contributed by atoms with Gasteiger partial charge in [-0.15, -0.1) is 5.10 Å². The lowest BCUT2D eigenvalue weighted by Gasteiger charge is -2.24. The molecule has 1 aromatic heterocycles. The Morgan fingerprint density at radius 1 is 1.42 bits per heavy atom. The van der Waals surface area contributed by atoms with Gasteiger partial charge in [0.2, 0.25) is 5.82 Å². The standard InChI is InChI=1S/C17H21ClN4O2/c1-17(2,24)10-21(3)16(23)14-19-15(11-8-9-11)22(20-14)13-7-5-4-6-12(13)18/h4-7,11,24H,8-10H2,1-3H3. The second-order valence-corrected chi connectivity index (χ2v) is 7.31. The summed E-state index contributed by atoms with van der Waals surface area (Å²) in [5, 5.41) is 14.9. The summed E-state index contributed by atoms with van der Waals surface area (Å²) >= 11 is 6.28. The van der Waals surface area contributed by atoms with Crippen LogP contribution >= 0.6 is 11.6 Å². The number of aromatic nitrogens is 3. The quantitative estimate of drug-likeness (QED) is 0.901. The summed E-state index contributed by atoms with van der Waals surface area (Å²) in [7, 11) is 1.63. The van der Waals surface area contributed by atoms with E-state index in [0.717, 1.165) is 24.4 Å². The molecule has 2 aromatic rings. The van der Waals surface area contributed by atoms with Crippen LogP contribution in [0.4, 0.5) is 0 Å². The van der Waals surface area contributed by atoms with Crippen molar-refractivity contribution in [3.05, 3.63) is 40.9 Å². The highest BCUT2D eigenvalue weighted by molar-refractivity contribution is 6.32. The van der Waals surface area contributed by atoms with Gasteiger partial charge in [-0.3, -0.25) is 4.79 Å². The SMILES string of the molecule is CN(CC(C)(C)O)C(=O)c1nc(C2CC2)n(-c2ccccc2Cl)n1. The van der Waals surface area contributed by atoms with E-state index in [1.54, 1.807) is 31.6 Å². The van der Waals surface area contributed by atoms with E-state index in [0.29, 0.717) is 10.9 Å². The Morgan fingerprint density at radius 3 is 2.67 bits per heavy atom. The minimum atomic E-state index is -0.977. The maximum Gasteiger partial charge on any atom is 0.293 e. The zero-order chi connectivity index (χ0) is 17.5. The predicted octanol–water partition coefficient (Wildman–Crippen LogP) is 2.64. The molecule has 1 aliphatic rings. The van der Waals surface area contributed by atoms with Crippen molar-refractivity contribution in [1.29, 1.82) is 0 Å². The van der Waals surface area contributed by atoms with Crippen molar-refractivity contribution < 1.29 is 9.90 Å². The zero-order valence-electron chi connectivity index (χ0n) is 14.0. The first-order chi connectivity index (χ1) is 11.3. The molecule has 1 amide bonds. The first-order valence-electron chi connectivity index (χ1n) is 7.96. The van der Waals surface area contributed by atoms with Gasteiger partial charge in [0, 0.05) is 19.5 Å². The molecule has 1 saturated carbocycles. The van der Waals surface area contributed by atoms with Crippen molar-refractivity contribution in [3.8, 4) is 5.69 Å². The molecule has 0 bridgehead atoms. The maximum absolute atomic E-state index is 12.6. The molecule has 1 heterocycles. The second-order valence-electron chi connectivity index (χ2n) is 6.90. The summed E-state index contributed by atoms with van der Waals surface area (Å²) in [6, 6.07) is 7.37. The average Bonchev–Trinajstić information content (AvgIpc) is 3.25. The van der Waals surface area contributed by atoms with Crippen LogP contribution in [0, 0.1) is 0 Å². The molecular weight excluding hydrogens is 328 g/mol. The average molecular weight is 349 g/mol. The van der Waals surface area contributed by atoms with Crippen LogP contribution in [0.2, 0.25) is 5.02 Å². The minimum Gasteiger partial charge on any atom is -0.389 e. The number of rotatable bonds is 5. The van der Waals surface area contributed by atoms with E-state index in [9.17, 15) is 9.90 Å². The van der Waals surface area contributed by atoms with Crippen LogP contribution in [0.5, 0.6) is 0 Å². The monoisotopic (exact) mass is 348 g/mol. The van der Waals surface area contributed by atoms with Crippen molar-refractivity contribution in [2.75, 3.05) is 13.6 Å². The fourth-order valence-electron chi connectivity index (χ4n) is 2.64. The molecule has 1 fully saturated rings. The Bertz CT molecular complexity index is 762. The van der Waals surface area contributed by atoms with E-state index in [-0.39, 0.29) is 18.3 Å². The lowest BCUT2D eigenvalue weighted by Crippen LogP contribution is -2.40. The van der Waals surface area contributed by atoms with Crippen LogP contribution in [-0.2, 0) is 0 Å². The highest BCUT2D eigenvalue weighted by Gasteiger charge is 2.33. The van der Waals surface area contributed by atoms with Crippen LogP contribution in [0.25, 0.3) is 5.69 Å². The number of likely N-dealkylation sites (N-methyl/N-ethyl adjacent to an activating group) is 1. The molecule has 128 valence electrons. The number of hydrogen-bond donors (Lipinski definition) is 1. The number of carbonyl (C=O) groups excluding carboxylic acids is 1. The fraction of sp³-hybridized carbons (Fsp3) is 0.471. The third-order valence-electron chi connectivity index (χ3n) is 3.82. The number of carbonyl (C=O) groups is 1. The van der Waals surface area contributed by atoms with Gasteiger partial charge in [0.1, 0.15) is 5.82 Å². The molecular formula is C17H21ClN4O2. The smallest absolute Gasteiger partial charge is 0.293 e. The Balaban J connectivity index is 1.95. The van der Waals surface area contributed by atoms with Gasteiger partial charge in [-0.1, -0.05) is 23.7 Å². The lowest BCUT2D eigenvalue weighted by molar-refractivity contribution is 0.0361. The highest BCUT2D eigenvalue weighted by Crippen LogP contribution is 2.40. The van der Waals surface area contributed by atoms with Gasteiger partial charge in [0.15, 0.2) is 0 Å². The maximum atomic E-state index is 12.6. The molecule has 0 spiro atoms. The molecule has 24 heavy (non-hydrogen) atoms. The van der Waals surface area contributed by atoms with Gasteiger partial charge in [0.25, 0.3) is 5.91 Å². The van der Waals surface area contributed by atoms with Gasteiger partial charge in [-0.05, 0) is 38.8 Å². The van der Waals surface area contributed by atoms with Crippen LogP contribution in [0.15, 0.2) is 24.3 Å². The van der Waals surface area contributed by atoms with Crippen molar-refractivity contribution in [3.63, 3.8) is 0 Å². The molecule has 1 aliphatic carbocycles. The number of para-hydroxylation sites is 1. The number of aliphatic hydroxyl groups is 1. The normalized spacial score (nSPS) is 14.7. The summed E-state index contributed by atoms with van der Waals surface area (Å²) in [6.07, 6.45) is 2.08. The van der Waals surface area contributed by atoms with Crippen LogP contribution in [0.1, 0.15) is 49.1 Å². The number of amides is 1. The fourth-order valence-corrected chi connectivity index (χ4v) is 2.86. The molecule has 0 unspecified atom stereocenters. The van der Waals surface area contributed by atoms with Crippen molar-refractivity contribution in [2.45, 2.75) is 38.2 Å². The largest absolute Gasteiger partial charge is 0.389 e. The van der Waals surface area contributed by atoms with Crippen LogP contribution in [0.3, 0.4) is 0 Å². The van der Waals surface area contributed by atoms with Gasteiger partial charge in [-0.25, -0.2) is 9.67 Å². The van der Waals surface area contributed by atoms with Crippen molar-refractivity contribution >= 4 is 17.5 Å². The molecule has 1 N–H and O–H groups in total. The van der Waals surface area contributed by atoms with E-state index in [2.05, 4.69) is 10.1 Å². The lowest BCUT2D eigenvalue weighted by atomic mass is 10.1. The third kappa shape index (κ3) is 3.60. The van der Waals surface area contributed by atoms with E-state index >= 15 is 0 Å². The third-order valence-corrected chi connectivity index (χ3v) is 4.14. The molecule has 3 rings (SSSR count). The Kier molecular flexibility index (Phi) is 4.36. The Hall–Kier alpha value is -1.92. The first-order valence-corrected chi connectivity index (χ1v) is 8.34. The van der Waals surface area contributed by atoms with Crippen LogP contribution in [-0.4, -0.2) is 49.9 Å². The highest BCUT2D eigenvalue weighted by atomic mass is 35.5. The summed E-state index contributed by atoms with van der Waals surface area (Å²) in [5.41, 5.74) is -0.257. The molecule has 0 saturated heterocycles. The number of hydrogen-bond acceptors (Lipinski definition) is 4. The minimum absolute atomic E-state index is 0.128. The van der Waals surface area contributed by atoms with E-state index in [1.807, 2.05) is 18.2 Å². The summed E-state index contributed by atoms with van der Waals surface area (Å²) in [6.45, 7) is 3.51. The van der Waals surface area contributed by atoms with Gasteiger partial charge in [0.05, 0.1) is 16.3 Å². The first kappa shape index (κ1) is 16.9. The molecule has 0 radical (unpaired) electrons. The Labute approximate surface area is 146 Å². The van der Waals surface area contributed by atoms with E-state index < -0.39 is 5.60 Å². The topological polar surface area (TPSA) is 71.2 Å². The molecule has 7 heteroatoms. The number of halogens is 1. The summed E-state index contributed by atoms with van der Waals surface area (Å²) < 4.78 is 1.67. The zero-order valence-corrected chi connectivity index (χ0v) is 14.8. The summed E-state index contributed by atoms with van der Waals surface area (Å²) in [4.78, 5) is 18.5. The predicted molar refractivity (Wildman–Crippen MR) is 91.6 cm³/mol. The second kappa shape index (κ2) is 6.18. The number of benzene rings is 1. The number of nitrogens with zero attached hydrogens (tertiary/aromatic N) is 4. The van der Waals surface area contributed by atoms with Crippen molar-refractivity contribution in [1.82, 2.24) is 19.7 Å². The summed E-state index contributed by atoms with van der Waals surface area (Å²) in [5.74, 6) is 0.895. The Morgan fingerprint density at radius 2 is 2.08 bits per heavy atom. The molecule has 0 aliphatic heterocycles. The van der Waals surface area contributed by atoms with Gasteiger partial charge >= 0.3 is 0 Å². The van der Waals surface area contributed by atoms with Crippen molar-refractivity contribution in [2.24, 2.45) is 0 Å². The molecule has 6 nitrogen and oxygen atoms in total. The van der Waals surface area contributed by atoms with Crippen LogP contribution < -0.4 is 0 Å².